The van der Waals surface area contributed by atoms with Crippen molar-refractivity contribution in [2.24, 2.45) is 23.5 Å². The van der Waals surface area contributed by atoms with E-state index in [2.05, 4.69) is 49.5 Å². The van der Waals surface area contributed by atoms with Crippen molar-refractivity contribution in [2.45, 2.75) is 110 Å². The second-order valence-corrected chi connectivity index (χ2v) is 15.5. The molecule has 8 N–H and O–H groups in total. The number of hydrogen-bond donors (Lipinski definition) is 7. The number of carboxylic acid groups (broad SMARTS) is 1. The number of unbranched alkanes of at least 4 members (excludes halogenated alkanes) is 2. The Kier molecular flexibility index (Phi) is 23.6. The van der Waals surface area contributed by atoms with Crippen LogP contribution in [0.1, 0.15) is 73.1 Å². The third-order valence-electron chi connectivity index (χ3n) is 10.1. The van der Waals surface area contributed by atoms with Crippen LogP contribution in [-0.2, 0) is 28.6 Å². The van der Waals surface area contributed by atoms with E-state index < -0.39 is 48.7 Å². The Labute approximate surface area is 361 Å². The van der Waals surface area contributed by atoms with E-state index >= 15 is 0 Å². The third kappa shape index (κ3) is 18.6. The van der Waals surface area contributed by atoms with E-state index in [9.17, 15) is 34.8 Å². The van der Waals surface area contributed by atoms with Gasteiger partial charge in [0, 0.05) is 25.1 Å². The van der Waals surface area contributed by atoms with Gasteiger partial charge in [-0.2, -0.15) is 0 Å². The quantitative estimate of drug-likeness (QED) is 0.0147. The van der Waals surface area contributed by atoms with Gasteiger partial charge in [-0.05, 0) is 81.9 Å². The topological polar surface area (TPSA) is 225 Å². The third-order valence-corrected chi connectivity index (χ3v) is 10.1. The molecule has 9 unspecified atom stereocenters. The van der Waals surface area contributed by atoms with Crippen LogP contribution in [0.25, 0.3) is 0 Å². The predicted octanol–water partition coefficient (Wildman–Crippen LogP) is 5.68. The number of methoxy groups -OCH3 is 1. The first-order chi connectivity index (χ1) is 29.0. The van der Waals surface area contributed by atoms with Gasteiger partial charge in [-0.25, -0.2) is 4.79 Å². The standard InChI is InChI=1S/C47H68N4O10/c1-31(22-16-13-14-21-29-51(6)47(48)49)23-17-15-18-24-32(2)30-35(5)42(60-46-41(55)39(53)40(54)43(61-46)45(57)58)33(3)25-19-11-9-8-10-12-20-26-34(4)44(56)50-38-36(52)27-28-37(38)59-7/h8-13,16-17,19-20,23,25-28,30-33,39-43,46,53-55H,14-15,18,21-22,24,29H2,1-7H3,(H3,48,49)(H,57,58)(H,50,52,56)/b10-8+,11-9+,16-13+,20-12+,23-17+,25-19+,34-26+,35-30+. The number of nitrogens with two attached hydrogens (primary N) is 1. The molecule has 1 heterocycles. The molecule has 1 saturated heterocycles. The molecule has 0 aromatic rings. The molecule has 0 bridgehead atoms. The molecule has 2 rings (SSSR count). The molecule has 0 spiro atoms. The van der Waals surface area contributed by atoms with E-state index in [-0.39, 0.29) is 29.3 Å². The van der Waals surface area contributed by atoms with E-state index in [4.69, 9.17) is 25.4 Å². The number of ether oxygens (including phenoxy) is 3. The maximum Gasteiger partial charge on any atom is 0.335 e. The van der Waals surface area contributed by atoms with Crippen LogP contribution < -0.4 is 11.1 Å². The fraction of sp³-hybridized carbons (Fsp3) is 0.489. The summed E-state index contributed by atoms with van der Waals surface area (Å²) in [5.41, 5.74) is 6.81. The van der Waals surface area contributed by atoms with Crippen molar-refractivity contribution in [3.8, 4) is 0 Å². The molecule has 0 aromatic carbocycles. The Morgan fingerprint density at radius 1 is 0.918 bits per heavy atom. The highest BCUT2D eigenvalue weighted by Crippen LogP contribution is 2.29. The number of aliphatic hydroxyl groups excluding tert-OH is 3. The number of guanidine groups is 1. The number of carbonyl (C=O) groups is 3. The molecule has 1 amide bonds. The highest BCUT2D eigenvalue weighted by molar-refractivity contribution is 6.11. The number of aliphatic hydroxyl groups is 3. The molecular weight excluding hydrogens is 781 g/mol. The molecule has 2 aliphatic rings. The number of hydrogen-bond acceptors (Lipinski definition) is 10. The summed E-state index contributed by atoms with van der Waals surface area (Å²) >= 11 is 0. The number of carboxylic acids is 1. The monoisotopic (exact) mass is 848 g/mol. The summed E-state index contributed by atoms with van der Waals surface area (Å²) in [6.07, 6.45) is 26.2. The van der Waals surface area contributed by atoms with Crippen LogP contribution in [0.15, 0.2) is 120 Å². The lowest BCUT2D eigenvalue weighted by Crippen LogP contribution is -2.61. The van der Waals surface area contributed by atoms with Gasteiger partial charge in [0.1, 0.15) is 29.8 Å². The summed E-state index contributed by atoms with van der Waals surface area (Å²) in [6, 6.07) is 0. The Bertz CT molecular complexity index is 1770. The summed E-state index contributed by atoms with van der Waals surface area (Å²) in [5.74, 6) is -1.55. The lowest BCUT2D eigenvalue weighted by Gasteiger charge is -2.40. The zero-order valence-corrected chi connectivity index (χ0v) is 36.6. The molecule has 1 aliphatic heterocycles. The van der Waals surface area contributed by atoms with Crippen LogP contribution in [0, 0.1) is 23.2 Å². The normalized spacial score (nSPS) is 23.6. The molecule has 336 valence electrons. The van der Waals surface area contributed by atoms with Gasteiger partial charge in [0.15, 0.2) is 18.4 Å². The van der Waals surface area contributed by atoms with Crippen molar-refractivity contribution in [3.63, 3.8) is 0 Å². The predicted molar refractivity (Wildman–Crippen MR) is 238 cm³/mol. The number of amides is 1. The molecule has 61 heavy (non-hydrogen) atoms. The number of carbonyl (C=O) groups excluding carboxylic acids is 2. The van der Waals surface area contributed by atoms with Crippen molar-refractivity contribution < 1.29 is 49.0 Å². The van der Waals surface area contributed by atoms with Crippen molar-refractivity contribution >= 4 is 23.6 Å². The number of aliphatic carboxylic acids is 1. The van der Waals surface area contributed by atoms with Crippen LogP contribution in [0.2, 0.25) is 0 Å². The number of rotatable bonds is 25. The smallest absolute Gasteiger partial charge is 0.335 e. The number of nitrogens with one attached hydrogen (secondary N) is 2. The van der Waals surface area contributed by atoms with Gasteiger partial charge in [-0.1, -0.05) is 106 Å². The van der Waals surface area contributed by atoms with Gasteiger partial charge >= 0.3 is 5.97 Å². The van der Waals surface area contributed by atoms with Crippen molar-refractivity contribution in [2.75, 3.05) is 20.7 Å². The summed E-state index contributed by atoms with van der Waals surface area (Å²) in [5, 5.41) is 50.9. The second kappa shape index (κ2) is 27.7. The van der Waals surface area contributed by atoms with Crippen LogP contribution in [-0.4, -0.2) is 106 Å². The van der Waals surface area contributed by atoms with Crippen LogP contribution in [0.4, 0.5) is 0 Å². The summed E-state index contributed by atoms with van der Waals surface area (Å²) in [7, 11) is 3.24. The zero-order chi connectivity index (χ0) is 45.5. The Morgan fingerprint density at radius 2 is 1.57 bits per heavy atom. The first kappa shape index (κ1) is 52.0. The van der Waals surface area contributed by atoms with Gasteiger partial charge in [-0.3, -0.25) is 15.0 Å². The molecular formula is C47H68N4O10. The van der Waals surface area contributed by atoms with E-state index in [1.54, 1.807) is 42.2 Å². The molecule has 9 atom stereocenters. The van der Waals surface area contributed by atoms with Gasteiger partial charge in [-0.15, -0.1) is 0 Å². The highest BCUT2D eigenvalue weighted by atomic mass is 16.7. The Morgan fingerprint density at radius 3 is 2.23 bits per heavy atom. The first-order valence-electron chi connectivity index (χ1n) is 20.8. The first-order valence-corrected chi connectivity index (χ1v) is 20.8. The average Bonchev–Trinajstić information content (AvgIpc) is 3.57. The largest absolute Gasteiger partial charge is 0.494 e. The van der Waals surface area contributed by atoms with Crippen molar-refractivity contribution in [3.05, 3.63) is 120 Å². The molecule has 0 aromatic heterocycles. The van der Waals surface area contributed by atoms with Crippen molar-refractivity contribution in [1.29, 1.82) is 5.41 Å². The molecule has 0 saturated carbocycles. The van der Waals surface area contributed by atoms with Gasteiger partial charge in [0.25, 0.3) is 5.91 Å². The fourth-order valence-corrected chi connectivity index (χ4v) is 6.42. The lowest BCUT2D eigenvalue weighted by molar-refractivity contribution is -0.303. The van der Waals surface area contributed by atoms with Crippen LogP contribution >= 0.6 is 0 Å². The summed E-state index contributed by atoms with van der Waals surface area (Å²) in [6.45, 7) is 10.5. The lowest BCUT2D eigenvalue weighted by atomic mass is 9.92. The van der Waals surface area contributed by atoms with Gasteiger partial charge in [0.05, 0.1) is 13.2 Å². The Hall–Kier alpha value is -5.12. The molecule has 0 radical (unpaired) electrons. The molecule has 1 aliphatic carbocycles. The van der Waals surface area contributed by atoms with E-state index in [1.807, 2.05) is 45.2 Å². The maximum atomic E-state index is 12.5. The minimum Gasteiger partial charge on any atom is -0.494 e. The van der Waals surface area contributed by atoms with Gasteiger partial charge in [0.2, 0.25) is 5.78 Å². The van der Waals surface area contributed by atoms with Crippen LogP contribution in [0.5, 0.6) is 0 Å². The summed E-state index contributed by atoms with van der Waals surface area (Å²) < 4.78 is 16.8. The van der Waals surface area contributed by atoms with E-state index in [0.29, 0.717) is 17.3 Å². The Balaban J connectivity index is 2.02. The molecule has 14 nitrogen and oxygen atoms in total. The minimum atomic E-state index is -1.83. The maximum absolute atomic E-state index is 12.5. The fourth-order valence-electron chi connectivity index (χ4n) is 6.42. The minimum absolute atomic E-state index is 0.0821. The SMILES string of the molecule is COC1=C(NC(=O)/C(C)=C/C=C/C=C/C=C/C=C/C(C)C(OC2OC(C(=O)O)C(O)C(O)C2O)/C(C)=C/C(C)CCC/C=C/C(C)C/C=C/CCCN(C)C(=N)N)C(=O)C=C1. The second-order valence-electron chi connectivity index (χ2n) is 15.5. The number of ketones is 1. The van der Waals surface area contributed by atoms with Gasteiger partial charge < -0.3 is 50.6 Å². The zero-order valence-electron chi connectivity index (χ0n) is 36.6. The summed E-state index contributed by atoms with van der Waals surface area (Å²) in [4.78, 5) is 37.9. The number of nitrogens with zero attached hydrogens (tertiary/aromatic N) is 1. The highest BCUT2D eigenvalue weighted by Gasteiger charge is 2.48. The van der Waals surface area contributed by atoms with E-state index in [0.717, 1.165) is 50.6 Å². The van der Waals surface area contributed by atoms with Crippen LogP contribution in [0.3, 0.4) is 0 Å². The molecule has 14 heteroatoms. The number of allylic oxidation sites excluding steroid dienone is 15. The molecule has 1 fully saturated rings. The van der Waals surface area contributed by atoms with E-state index in [1.165, 1.54) is 19.3 Å². The van der Waals surface area contributed by atoms with Crippen molar-refractivity contribution in [1.82, 2.24) is 10.2 Å². The average molecular weight is 849 g/mol.